The van der Waals surface area contributed by atoms with Crippen molar-refractivity contribution in [3.05, 3.63) is 52.4 Å². The zero-order valence-corrected chi connectivity index (χ0v) is 21.6. The number of carbonyl (C=O) groups excluding carboxylic acids is 1. The van der Waals surface area contributed by atoms with Gasteiger partial charge in [-0.05, 0) is 57.4 Å². The van der Waals surface area contributed by atoms with Crippen molar-refractivity contribution in [2.45, 2.75) is 69.5 Å². The Kier molecular flexibility index (Phi) is 7.46. The monoisotopic (exact) mass is 546 g/mol. The van der Waals surface area contributed by atoms with Crippen molar-refractivity contribution < 1.29 is 27.4 Å². The molecule has 39 heavy (non-hydrogen) atoms. The highest BCUT2D eigenvalue weighted by molar-refractivity contribution is 5.91. The minimum atomic E-state index is -4.59. The number of rotatable bonds is 6. The molecule has 3 heterocycles. The van der Waals surface area contributed by atoms with E-state index in [1.807, 2.05) is 0 Å². The number of aromatic amines is 1. The molecule has 1 aliphatic heterocycles. The van der Waals surface area contributed by atoms with Gasteiger partial charge in [-0.25, -0.2) is 4.79 Å². The van der Waals surface area contributed by atoms with Gasteiger partial charge in [-0.3, -0.25) is 9.48 Å². The summed E-state index contributed by atoms with van der Waals surface area (Å²) in [6, 6.07) is 6.97. The number of alkyl halides is 3. The van der Waals surface area contributed by atoms with Crippen molar-refractivity contribution in [3.8, 4) is 6.07 Å². The average molecular weight is 547 g/mol. The van der Waals surface area contributed by atoms with Crippen LogP contribution < -0.4 is 16.6 Å². The van der Waals surface area contributed by atoms with Gasteiger partial charge in [-0.15, -0.1) is 0 Å². The number of nitrogens with one attached hydrogen (secondary N) is 2. The van der Waals surface area contributed by atoms with E-state index in [0.29, 0.717) is 17.6 Å². The lowest BCUT2D eigenvalue weighted by Crippen LogP contribution is -2.47. The van der Waals surface area contributed by atoms with Gasteiger partial charge in [0.1, 0.15) is 17.0 Å². The molecule has 1 aliphatic rings. The molecule has 1 aromatic carbocycles. The lowest BCUT2D eigenvalue weighted by atomic mass is 9.87. The quantitative estimate of drug-likeness (QED) is 0.391. The largest absolute Gasteiger partial charge is 0.458 e. The Labute approximate surface area is 221 Å². The molecule has 3 atom stereocenters. The van der Waals surface area contributed by atoms with Gasteiger partial charge in [0.05, 0.1) is 30.2 Å². The number of carbonyl (C=O) groups is 1. The molecule has 3 aromatic rings. The van der Waals surface area contributed by atoms with Crippen molar-refractivity contribution in [3.63, 3.8) is 0 Å². The topological polar surface area (TPSA) is 148 Å². The highest BCUT2D eigenvalue weighted by Gasteiger charge is 2.43. The summed E-state index contributed by atoms with van der Waals surface area (Å²) in [5.74, 6) is -0.350. The van der Waals surface area contributed by atoms with Crippen molar-refractivity contribution in [1.29, 1.82) is 5.26 Å². The number of pyridine rings is 1. The van der Waals surface area contributed by atoms with Gasteiger partial charge in [-0.1, -0.05) is 12.1 Å². The van der Waals surface area contributed by atoms with Crippen LogP contribution in [-0.4, -0.2) is 45.2 Å². The standard InChI is InChI=1S/C26H29F3N6O4/c1-24(2,3)39-23(37)18-8-10-25(11-12-30,14-38-18)35-17-9-13-32-22(36)19(17)21(34-35)33-16-6-4-15(5-7-16)20(31)26(27,28)29/h4-7,9,13,18,20H,8,10-11,14,31H2,1-3H3,(H,32,36)(H,33,34)/t18?,20?,25-/m0/s1. The molecule has 4 rings (SSSR count). The van der Waals surface area contributed by atoms with E-state index in [2.05, 4.69) is 21.5 Å². The summed E-state index contributed by atoms with van der Waals surface area (Å²) >= 11 is 0. The van der Waals surface area contributed by atoms with Gasteiger partial charge in [0, 0.05) is 11.9 Å². The van der Waals surface area contributed by atoms with E-state index in [4.69, 9.17) is 15.2 Å². The number of nitrogens with two attached hydrogens (primary N) is 1. The second kappa shape index (κ2) is 10.3. The van der Waals surface area contributed by atoms with Crippen molar-refractivity contribution in [1.82, 2.24) is 14.8 Å². The van der Waals surface area contributed by atoms with Crippen LogP contribution in [0, 0.1) is 11.3 Å². The minimum absolute atomic E-state index is 0.0128. The summed E-state index contributed by atoms with van der Waals surface area (Å²) in [6.07, 6.45) is -3.34. The smallest absolute Gasteiger partial charge is 0.407 e. The average Bonchev–Trinajstić information content (AvgIpc) is 3.23. The number of ether oxygens (including phenoxy) is 2. The fourth-order valence-electron chi connectivity index (χ4n) is 4.52. The molecule has 0 bridgehead atoms. The number of hydrogen-bond donors (Lipinski definition) is 3. The highest BCUT2D eigenvalue weighted by Crippen LogP contribution is 2.38. The summed E-state index contributed by atoms with van der Waals surface area (Å²) in [6.45, 7) is 5.24. The molecule has 0 saturated carbocycles. The number of benzene rings is 1. The van der Waals surface area contributed by atoms with Crippen LogP contribution in [0.3, 0.4) is 0 Å². The highest BCUT2D eigenvalue weighted by atomic mass is 19.4. The van der Waals surface area contributed by atoms with Gasteiger partial charge in [0.25, 0.3) is 5.56 Å². The van der Waals surface area contributed by atoms with E-state index < -0.39 is 41.0 Å². The SMILES string of the molecule is CC(C)(C)OC(=O)C1CC[C@@](CC#N)(n2nc(Nc3ccc(C(N)C(F)(F)F)cc3)c3c(=O)[nH]ccc32)CO1. The van der Waals surface area contributed by atoms with Gasteiger partial charge in [-0.2, -0.15) is 23.5 Å². The second-order valence-electron chi connectivity index (χ2n) is 10.5. The van der Waals surface area contributed by atoms with Crippen molar-refractivity contribution >= 4 is 28.4 Å². The normalized spacial score (nSPS) is 20.8. The molecule has 1 saturated heterocycles. The third-order valence-electron chi connectivity index (χ3n) is 6.44. The molecular formula is C26H29F3N6O4. The van der Waals surface area contributed by atoms with Crippen LogP contribution in [0.25, 0.3) is 10.9 Å². The number of nitriles is 1. The summed E-state index contributed by atoms with van der Waals surface area (Å²) < 4.78 is 51.8. The van der Waals surface area contributed by atoms with Gasteiger partial charge >= 0.3 is 12.1 Å². The predicted octanol–water partition coefficient (Wildman–Crippen LogP) is 4.16. The predicted molar refractivity (Wildman–Crippen MR) is 136 cm³/mol. The first-order chi connectivity index (χ1) is 18.2. The van der Waals surface area contributed by atoms with Gasteiger partial charge in [0.15, 0.2) is 11.9 Å². The summed E-state index contributed by atoms with van der Waals surface area (Å²) in [5.41, 5.74) is 3.85. The second-order valence-corrected chi connectivity index (χ2v) is 10.5. The molecule has 208 valence electrons. The van der Waals surface area contributed by atoms with E-state index in [-0.39, 0.29) is 36.2 Å². The molecule has 4 N–H and O–H groups in total. The maximum absolute atomic E-state index is 13.0. The van der Waals surface area contributed by atoms with Crippen LogP contribution in [0.15, 0.2) is 41.3 Å². The van der Waals surface area contributed by atoms with E-state index in [1.54, 1.807) is 31.5 Å². The third-order valence-corrected chi connectivity index (χ3v) is 6.44. The van der Waals surface area contributed by atoms with Crippen LogP contribution in [0.2, 0.25) is 0 Å². The molecule has 13 heteroatoms. The molecule has 0 radical (unpaired) electrons. The van der Waals surface area contributed by atoms with Crippen LogP contribution >= 0.6 is 0 Å². The Balaban J connectivity index is 1.66. The molecular weight excluding hydrogens is 517 g/mol. The molecule has 2 aromatic heterocycles. The molecule has 0 spiro atoms. The number of nitrogens with zero attached hydrogens (tertiary/aromatic N) is 3. The minimum Gasteiger partial charge on any atom is -0.458 e. The number of H-pyrrole nitrogens is 1. The fourth-order valence-corrected chi connectivity index (χ4v) is 4.52. The summed E-state index contributed by atoms with van der Waals surface area (Å²) in [7, 11) is 0. The van der Waals surface area contributed by atoms with Crippen LogP contribution in [-0.2, 0) is 19.8 Å². The zero-order valence-electron chi connectivity index (χ0n) is 21.6. The van der Waals surface area contributed by atoms with Crippen LogP contribution in [0.4, 0.5) is 24.7 Å². The Morgan fingerprint density at radius 3 is 2.59 bits per heavy atom. The fraction of sp³-hybridized carbons (Fsp3) is 0.462. The number of halogens is 3. The Morgan fingerprint density at radius 2 is 2.03 bits per heavy atom. The third kappa shape index (κ3) is 5.91. The number of hydrogen-bond acceptors (Lipinski definition) is 8. The maximum atomic E-state index is 13.0. The van der Waals surface area contributed by atoms with Crippen molar-refractivity contribution in [2.24, 2.45) is 5.73 Å². The van der Waals surface area contributed by atoms with Gasteiger partial charge in [0.2, 0.25) is 0 Å². The van der Waals surface area contributed by atoms with Crippen LogP contribution in [0.5, 0.6) is 0 Å². The number of aromatic nitrogens is 3. The van der Waals surface area contributed by atoms with Crippen LogP contribution in [0.1, 0.15) is 51.6 Å². The van der Waals surface area contributed by atoms with E-state index in [1.165, 1.54) is 30.5 Å². The molecule has 1 fully saturated rings. The summed E-state index contributed by atoms with van der Waals surface area (Å²) in [5, 5.41) is 17.5. The lowest BCUT2D eigenvalue weighted by Gasteiger charge is -2.39. The number of fused-ring (bicyclic) bond motifs is 1. The van der Waals surface area contributed by atoms with Gasteiger partial charge < -0.3 is 25.5 Å². The Morgan fingerprint density at radius 1 is 1.33 bits per heavy atom. The van der Waals surface area contributed by atoms with E-state index >= 15 is 0 Å². The summed E-state index contributed by atoms with van der Waals surface area (Å²) in [4.78, 5) is 28.0. The molecule has 2 unspecified atom stereocenters. The first-order valence-electron chi connectivity index (χ1n) is 12.3. The first-order valence-corrected chi connectivity index (χ1v) is 12.3. The maximum Gasteiger partial charge on any atom is 0.407 e. The van der Waals surface area contributed by atoms with Crippen molar-refractivity contribution in [2.75, 3.05) is 11.9 Å². The Bertz CT molecular complexity index is 1440. The number of esters is 1. The molecule has 10 nitrogen and oxygen atoms in total. The zero-order chi connectivity index (χ0) is 28.6. The molecule has 0 amide bonds. The molecule has 0 aliphatic carbocycles. The number of anilines is 2. The Hall–Kier alpha value is -3.89. The lowest BCUT2D eigenvalue weighted by molar-refractivity contribution is -0.176. The van der Waals surface area contributed by atoms with E-state index in [9.17, 15) is 28.0 Å². The van der Waals surface area contributed by atoms with E-state index in [0.717, 1.165) is 0 Å². The first kappa shape index (κ1) is 28.1.